The molecule has 0 rings (SSSR count). The molecule has 0 radical (unpaired) electrons. The second-order valence-electron chi connectivity index (χ2n) is 22.7. The van der Waals surface area contributed by atoms with Crippen molar-refractivity contribution >= 4 is 17.9 Å². The molecule has 80 heavy (non-hydrogen) atoms. The van der Waals surface area contributed by atoms with E-state index in [1.54, 1.807) is 0 Å². The van der Waals surface area contributed by atoms with Crippen LogP contribution in [-0.4, -0.2) is 37.2 Å². The van der Waals surface area contributed by atoms with Crippen LogP contribution in [0.1, 0.15) is 335 Å². The maximum Gasteiger partial charge on any atom is 0.306 e. The molecule has 460 valence electrons. The van der Waals surface area contributed by atoms with Crippen LogP contribution in [0.3, 0.4) is 0 Å². The topological polar surface area (TPSA) is 78.9 Å². The van der Waals surface area contributed by atoms with Gasteiger partial charge < -0.3 is 14.2 Å². The molecule has 0 heterocycles. The largest absolute Gasteiger partial charge is 0.462 e. The first-order valence-electron chi connectivity index (χ1n) is 34.2. The lowest BCUT2D eigenvalue weighted by Crippen LogP contribution is -2.30. The van der Waals surface area contributed by atoms with Crippen LogP contribution in [0.5, 0.6) is 0 Å². The smallest absolute Gasteiger partial charge is 0.306 e. The number of unbranched alkanes of at least 4 members (excludes halogenated alkanes) is 35. The number of carbonyl (C=O) groups is 3. The van der Waals surface area contributed by atoms with E-state index in [1.807, 2.05) is 0 Å². The van der Waals surface area contributed by atoms with Crippen molar-refractivity contribution < 1.29 is 28.6 Å². The third kappa shape index (κ3) is 65.1. The van der Waals surface area contributed by atoms with Crippen molar-refractivity contribution in [1.82, 2.24) is 0 Å². The van der Waals surface area contributed by atoms with Crippen molar-refractivity contribution in [2.24, 2.45) is 0 Å². The highest BCUT2D eigenvalue weighted by molar-refractivity contribution is 5.71. The maximum absolute atomic E-state index is 12.9. The highest BCUT2D eigenvalue weighted by Crippen LogP contribution is 2.17. The fraction of sp³-hybridized carbons (Fsp3) is 0.743. The molecule has 0 aliphatic heterocycles. The lowest BCUT2D eigenvalue weighted by Gasteiger charge is -2.18. The van der Waals surface area contributed by atoms with Crippen LogP contribution in [0, 0.1) is 0 Å². The normalized spacial score (nSPS) is 12.7. The Morgan fingerprint density at radius 1 is 0.263 bits per heavy atom. The Morgan fingerprint density at radius 3 is 0.762 bits per heavy atom. The number of ether oxygens (including phenoxy) is 3. The van der Waals surface area contributed by atoms with Crippen LogP contribution in [0.15, 0.2) is 97.2 Å². The number of allylic oxidation sites excluding steroid dienone is 16. The van der Waals surface area contributed by atoms with Crippen LogP contribution in [0.4, 0.5) is 0 Å². The first-order valence-corrected chi connectivity index (χ1v) is 34.2. The molecule has 6 heteroatoms. The molecule has 0 fully saturated rings. The zero-order chi connectivity index (χ0) is 57.8. The van der Waals surface area contributed by atoms with E-state index in [1.165, 1.54) is 186 Å². The molecular formula is C74H128O6. The summed E-state index contributed by atoms with van der Waals surface area (Å²) in [7, 11) is 0. The molecule has 0 aliphatic rings. The maximum atomic E-state index is 12.9. The summed E-state index contributed by atoms with van der Waals surface area (Å²) in [6, 6.07) is 0. The summed E-state index contributed by atoms with van der Waals surface area (Å²) in [6.07, 6.45) is 91.4. The van der Waals surface area contributed by atoms with Crippen LogP contribution in [-0.2, 0) is 28.6 Å². The van der Waals surface area contributed by atoms with Crippen molar-refractivity contribution in [1.29, 1.82) is 0 Å². The summed E-state index contributed by atoms with van der Waals surface area (Å²) in [5, 5.41) is 0. The summed E-state index contributed by atoms with van der Waals surface area (Å²) in [5.74, 6) is -0.861. The van der Waals surface area contributed by atoms with E-state index >= 15 is 0 Å². The van der Waals surface area contributed by atoms with E-state index in [-0.39, 0.29) is 31.1 Å². The lowest BCUT2D eigenvalue weighted by atomic mass is 10.0. The standard InChI is InChI=1S/C74H128O6/c1-4-7-10-13-16-19-22-25-27-28-29-30-31-32-33-34-35-36-37-38-39-40-41-42-43-44-45-46-48-49-52-55-58-61-64-67-73(76)79-70-71(69-78-72(75)66-63-60-57-54-51-24-21-18-15-12-9-6-3)80-74(77)68-65-62-59-56-53-50-47-26-23-20-17-14-11-8-5-2/h7,10,16,19,25,27,29-30,32-33,35-36,38-39,41-42,71H,4-6,8-9,11-15,17-18,20-24,26,28,31,34,37,40,43-70H2,1-3H3/b10-7-,19-16-,27-25-,30-29-,33-32-,36-35-,39-38-,42-41-. The third-order valence-electron chi connectivity index (χ3n) is 14.9. The van der Waals surface area contributed by atoms with Gasteiger partial charge in [-0.25, -0.2) is 0 Å². The summed E-state index contributed by atoms with van der Waals surface area (Å²) >= 11 is 0. The molecule has 0 amide bonds. The summed E-state index contributed by atoms with van der Waals surface area (Å²) < 4.78 is 16.9. The van der Waals surface area contributed by atoms with Crippen molar-refractivity contribution in [3.05, 3.63) is 97.2 Å². The van der Waals surface area contributed by atoms with Gasteiger partial charge >= 0.3 is 17.9 Å². The molecule has 0 aliphatic carbocycles. The molecule has 0 saturated heterocycles. The number of esters is 3. The van der Waals surface area contributed by atoms with Gasteiger partial charge in [0, 0.05) is 19.3 Å². The molecule has 0 aromatic carbocycles. The highest BCUT2D eigenvalue weighted by Gasteiger charge is 2.19. The quantitative estimate of drug-likeness (QED) is 0.0261. The van der Waals surface area contributed by atoms with Crippen LogP contribution in [0.2, 0.25) is 0 Å². The van der Waals surface area contributed by atoms with E-state index in [0.29, 0.717) is 19.3 Å². The van der Waals surface area contributed by atoms with Gasteiger partial charge in [-0.2, -0.15) is 0 Å². The molecule has 6 nitrogen and oxygen atoms in total. The van der Waals surface area contributed by atoms with Gasteiger partial charge in [-0.05, 0) is 83.5 Å². The third-order valence-corrected chi connectivity index (χ3v) is 14.9. The van der Waals surface area contributed by atoms with E-state index in [2.05, 4.69) is 118 Å². The summed E-state index contributed by atoms with van der Waals surface area (Å²) in [5.41, 5.74) is 0. The SMILES string of the molecule is CC/C=C\C/C=C\C/C=C\C/C=C\C/C=C\C/C=C\C/C=C\C/C=C\CCCCCCCCCCCCC(=O)OCC(COC(=O)CCCCCCCCCCCCCC)OC(=O)CCCCCCCCCCCCCCCCC. The van der Waals surface area contributed by atoms with E-state index in [0.717, 1.165) is 109 Å². The molecule has 0 spiro atoms. The Kier molecular flexibility index (Phi) is 64.7. The molecular weight excluding hydrogens is 985 g/mol. The monoisotopic (exact) mass is 1110 g/mol. The Hall–Kier alpha value is -3.67. The van der Waals surface area contributed by atoms with Gasteiger partial charge in [0.15, 0.2) is 6.10 Å². The minimum absolute atomic E-state index is 0.0723. The zero-order valence-corrected chi connectivity index (χ0v) is 52.8. The Bertz CT molecular complexity index is 1560. The van der Waals surface area contributed by atoms with Crippen molar-refractivity contribution in [2.75, 3.05) is 13.2 Å². The lowest BCUT2D eigenvalue weighted by molar-refractivity contribution is -0.167. The van der Waals surface area contributed by atoms with E-state index in [4.69, 9.17) is 14.2 Å². The van der Waals surface area contributed by atoms with E-state index in [9.17, 15) is 14.4 Å². The molecule has 0 saturated carbocycles. The van der Waals surface area contributed by atoms with Crippen LogP contribution >= 0.6 is 0 Å². The highest BCUT2D eigenvalue weighted by atomic mass is 16.6. The van der Waals surface area contributed by atoms with Gasteiger partial charge in [-0.3, -0.25) is 14.4 Å². The van der Waals surface area contributed by atoms with Gasteiger partial charge in [0.1, 0.15) is 13.2 Å². The zero-order valence-electron chi connectivity index (χ0n) is 52.8. The first kappa shape index (κ1) is 76.3. The minimum Gasteiger partial charge on any atom is -0.462 e. The fourth-order valence-corrected chi connectivity index (χ4v) is 9.76. The average molecular weight is 1110 g/mol. The second kappa shape index (κ2) is 67.8. The number of rotatable bonds is 62. The number of hydrogen-bond donors (Lipinski definition) is 0. The fourth-order valence-electron chi connectivity index (χ4n) is 9.76. The number of hydrogen-bond acceptors (Lipinski definition) is 6. The first-order chi connectivity index (χ1) is 39.5. The molecule has 0 bridgehead atoms. The Morgan fingerprint density at radius 2 is 0.487 bits per heavy atom. The van der Waals surface area contributed by atoms with Gasteiger partial charge in [-0.1, -0.05) is 330 Å². The number of carbonyl (C=O) groups excluding carboxylic acids is 3. The van der Waals surface area contributed by atoms with Crippen molar-refractivity contribution in [3.63, 3.8) is 0 Å². The Labute approximate surface area is 496 Å². The predicted molar refractivity (Wildman–Crippen MR) is 348 cm³/mol. The van der Waals surface area contributed by atoms with Gasteiger partial charge in [-0.15, -0.1) is 0 Å². The molecule has 0 aromatic heterocycles. The molecule has 0 N–H and O–H groups in total. The molecule has 1 atom stereocenters. The van der Waals surface area contributed by atoms with Crippen molar-refractivity contribution in [2.45, 2.75) is 341 Å². The second-order valence-corrected chi connectivity index (χ2v) is 22.7. The van der Waals surface area contributed by atoms with Crippen LogP contribution in [0.25, 0.3) is 0 Å². The Balaban J connectivity index is 4.18. The minimum atomic E-state index is -0.775. The molecule has 0 aromatic rings. The predicted octanol–water partition coefficient (Wildman–Crippen LogP) is 23.6. The summed E-state index contributed by atoms with van der Waals surface area (Å²) in [6.45, 7) is 6.56. The van der Waals surface area contributed by atoms with E-state index < -0.39 is 6.10 Å². The van der Waals surface area contributed by atoms with Gasteiger partial charge in [0.2, 0.25) is 0 Å². The van der Waals surface area contributed by atoms with Crippen molar-refractivity contribution in [3.8, 4) is 0 Å². The average Bonchev–Trinajstić information content (AvgIpc) is 3.46. The van der Waals surface area contributed by atoms with Crippen LogP contribution < -0.4 is 0 Å². The van der Waals surface area contributed by atoms with Gasteiger partial charge in [0.25, 0.3) is 0 Å². The molecule has 1 unspecified atom stereocenters. The van der Waals surface area contributed by atoms with Gasteiger partial charge in [0.05, 0.1) is 0 Å². The summed E-state index contributed by atoms with van der Waals surface area (Å²) in [4.78, 5) is 38.3.